The zero-order chi connectivity index (χ0) is 10.4. The van der Waals surface area contributed by atoms with Crippen LogP contribution in [0.3, 0.4) is 0 Å². The Hall–Kier alpha value is -0.830. The number of rotatable bonds is 4. The van der Waals surface area contributed by atoms with Gasteiger partial charge in [0.15, 0.2) is 0 Å². The van der Waals surface area contributed by atoms with Crippen LogP contribution in [0.4, 0.5) is 0 Å². The fourth-order valence-electron chi connectivity index (χ4n) is 1.86. The SMILES string of the molecule is C=CCN1CCC[C@H](C(=O)OCC)C1. The molecule has 1 saturated heterocycles. The molecule has 0 aromatic heterocycles. The van der Waals surface area contributed by atoms with Crippen LogP contribution in [0, 0.1) is 5.92 Å². The van der Waals surface area contributed by atoms with E-state index in [4.69, 9.17) is 4.74 Å². The average Bonchev–Trinajstić information content (AvgIpc) is 2.19. The molecule has 0 saturated carbocycles. The van der Waals surface area contributed by atoms with Gasteiger partial charge in [-0.2, -0.15) is 0 Å². The third kappa shape index (κ3) is 3.14. The highest BCUT2D eigenvalue weighted by molar-refractivity contribution is 5.72. The van der Waals surface area contributed by atoms with Gasteiger partial charge in [0.2, 0.25) is 0 Å². The van der Waals surface area contributed by atoms with E-state index in [2.05, 4.69) is 11.5 Å². The second-order valence-corrected chi connectivity index (χ2v) is 3.64. The van der Waals surface area contributed by atoms with E-state index < -0.39 is 0 Å². The summed E-state index contributed by atoms with van der Waals surface area (Å²) in [5.41, 5.74) is 0. The van der Waals surface area contributed by atoms with Gasteiger partial charge in [-0.25, -0.2) is 0 Å². The Bertz CT molecular complexity index is 203. The summed E-state index contributed by atoms with van der Waals surface area (Å²) in [5, 5.41) is 0. The van der Waals surface area contributed by atoms with Crippen LogP contribution in [0.15, 0.2) is 12.7 Å². The van der Waals surface area contributed by atoms with Gasteiger partial charge in [-0.05, 0) is 26.3 Å². The van der Waals surface area contributed by atoms with Crippen LogP contribution >= 0.6 is 0 Å². The molecule has 1 atom stereocenters. The van der Waals surface area contributed by atoms with Gasteiger partial charge in [-0.15, -0.1) is 6.58 Å². The lowest BCUT2D eigenvalue weighted by atomic mass is 9.98. The molecule has 80 valence electrons. The Labute approximate surface area is 85.7 Å². The number of likely N-dealkylation sites (tertiary alicyclic amines) is 1. The van der Waals surface area contributed by atoms with E-state index in [-0.39, 0.29) is 11.9 Å². The van der Waals surface area contributed by atoms with Crippen molar-refractivity contribution in [3.8, 4) is 0 Å². The molecule has 1 heterocycles. The van der Waals surface area contributed by atoms with E-state index in [0.29, 0.717) is 6.61 Å². The van der Waals surface area contributed by atoms with Crippen molar-refractivity contribution in [2.24, 2.45) is 5.92 Å². The lowest BCUT2D eigenvalue weighted by molar-refractivity contribution is -0.149. The number of piperidine rings is 1. The highest BCUT2D eigenvalue weighted by Gasteiger charge is 2.25. The monoisotopic (exact) mass is 197 g/mol. The highest BCUT2D eigenvalue weighted by atomic mass is 16.5. The first-order valence-electron chi connectivity index (χ1n) is 5.27. The van der Waals surface area contributed by atoms with Crippen molar-refractivity contribution in [1.29, 1.82) is 0 Å². The lowest BCUT2D eigenvalue weighted by Gasteiger charge is -2.30. The van der Waals surface area contributed by atoms with Crippen LogP contribution in [0.25, 0.3) is 0 Å². The molecule has 0 radical (unpaired) electrons. The smallest absolute Gasteiger partial charge is 0.310 e. The third-order valence-corrected chi connectivity index (χ3v) is 2.51. The summed E-state index contributed by atoms with van der Waals surface area (Å²) in [5.74, 6) is 0.0323. The van der Waals surface area contributed by atoms with Crippen LogP contribution < -0.4 is 0 Å². The summed E-state index contributed by atoms with van der Waals surface area (Å²) in [7, 11) is 0. The molecule has 1 aliphatic heterocycles. The summed E-state index contributed by atoms with van der Waals surface area (Å²) in [6.45, 7) is 8.80. The molecule has 0 amide bonds. The maximum absolute atomic E-state index is 11.5. The molecule has 1 rings (SSSR count). The van der Waals surface area contributed by atoms with Crippen molar-refractivity contribution < 1.29 is 9.53 Å². The van der Waals surface area contributed by atoms with Crippen LogP contribution in [-0.4, -0.2) is 37.1 Å². The maximum Gasteiger partial charge on any atom is 0.310 e. The molecule has 0 aromatic carbocycles. The van der Waals surface area contributed by atoms with Crippen LogP contribution in [0.5, 0.6) is 0 Å². The third-order valence-electron chi connectivity index (χ3n) is 2.51. The topological polar surface area (TPSA) is 29.5 Å². The molecule has 3 heteroatoms. The number of hydrogen-bond acceptors (Lipinski definition) is 3. The van der Waals surface area contributed by atoms with E-state index in [1.807, 2.05) is 13.0 Å². The first-order valence-corrected chi connectivity index (χ1v) is 5.27. The summed E-state index contributed by atoms with van der Waals surface area (Å²) in [6, 6.07) is 0. The number of hydrogen-bond donors (Lipinski definition) is 0. The number of carbonyl (C=O) groups is 1. The lowest BCUT2D eigenvalue weighted by Crippen LogP contribution is -2.39. The second-order valence-electron chi connectivity index (χ2n) is 3.64. The zero-order valence-corrected chi connectivity index (χ0v) is 8.87. The fraction of sp³-hybridized carbons (Fsp3) is 0.727. The molecular formula is C11H19NO2. The molecule has 3 nitrogen and oxygen atoms in total. The van der Waals surface area contributed by atoms with Crippen molar-refractivity contribution in [3.63, 3.8) is 0 Å². The Morgan fingerprint density at radius 1 is 1.71 bits per heavy atom. The number of ether oxygens (including phenoxy) is 1. The molecule has 0 N–H and O–H groups in total. The Balaban J connectivity index is 2.38. The van der Waals surface area contributed by atoms with Crippen molar-refractivity contribution in [2.75, 3.05) is 26.2 Å². The van der Waals surface area contributed by atoms with Gasteiger partial charge in [0.05, 0.1) is 12.5 Å². The minimum atomic E-state index is -0.0405. The van der Waals surface area contributed by atoms with Gasteiger partial charge < -0.3 is 4.74 Å². The molecule has 0 unspecified atom stereocenters. The molecule has 0 aliphatic carbocycles. The maximum atomic E-state index is 11.5. The molecule has 14 heavy (non-hydrogen) atoms. The summed E-state index contributed by atoms with van der Waals surface area (Å²) in [6.07, 6.45) is 3.93. The Morgan fingerprint density at radius 3 is 3.14 bits per heavy atom. The van der Waals surface area contributed by atoms with Crippen molar-refractivity contribution >= 4 is 5.97 Å². The van der Waals surface area contributed by atoms with Crippen LogP contribution in [0.2, 0.25) is 0 Å². The first kappa shape index (κ1) is 11.2. The summed E-state index contributed by atoms with van der Waals surface area (Å²) >= 11 is 0. The molecular weight excluding hydrogens is 178 g/mol. The normalized spacial score (nSPS) is 23.1. The summed E-state index contributed by atoms with van der Waals surface area (Å²) < 4.78 is 5.02. The standard InChI is InChI=1S/C11H19NO2/c1-3-7-12-8-5-6-10(9-12)11(13)14-4-2/h3,10H,1,4-9H2,2H3/t10-/m0/s1. The first-order chi connectivity index (χ1) is 6.77. The number of esters is 1. The van der Waals surface area contributed by atoms with Gasteiger partial charge in [0.25, 0.3) is 0 Å². The molecule has 1 aliphatic rings. The minimum absolute atomic E-state index is 0.0405. The van der Waals surface area contributed by atoms with Crippen LogP contribution in [0.1, 0.15) is 19.8 Å². The molecule has 0 bridgehead atoms. The predicted octanol–water partition coefficient (Wildman–Crippen LogP) is 1.45. The average molecular weight is 197 g/mol. The van der Waals surface area contributed by atoms with E-state index >= 15 is 0 Å². The minimum Gasteiger partial charge on any atom is -0.466 e. The highest BCUT2D eigenvalue weighted by Crippen LogP contribution is 2.17. The van der Waals surface area contributed by atoms with E-state index in [1.165, 1.54) is 0 Å². The summed E-state index contributed by atoms with van der Waals surface area (Å²) in [4.78, 5) is 13.7. The zero-order valence-electron chi connectivity index (χ0n) is 8.87. The van der Waals surface area contributed by atoms with E-state index in [9.17, 15) is 4.79 Å². The van der Waals surface area contributed by atoms with Gasteiger partial charge in [0.1, 0.15) is 0 Å². The van der Waals surface area contributed by atoms with E-state index in [1.54, 1.807) is 0 Å². The quantitative estimate of drug-likeness (QED) is 0.504. The van der Waals surface area contributed by atoms with E-state index in [0.717, 1.165) is 32.5 Å². The van der Waals surface area contributed by atoms with Crippen molar-refractivity contribution in [1.82, 2.24) is 4.90 Å². The Morgan fingerprint density at radius 2 is 2.50 bits per heavy atom. The number of nitrogens with zero attached hydrogens (tertiary/aromatic N) is 1. The largest absolute Gasteiger partial charge is 0.466 e. The molecule has 0 aromatic rings. The van der Waals surface area contributed by atoms with Crippen molar-refractivity contribution in [2.45, 2.75) is 19.8 Å². The molecule has 0 spiro atoms. The fourth-order valence-corrected chi connectivity index (χ4v) is 1.86. The number of carbonyl (C=O) groups excluding carboxylic acids is 1. The second kappa shape index (κ2) is 5.81. The van der Waals surface area contributed by atoms with Crippen LogP contribution in [-0.2, 0) is 9.53 Å². The van der Waals surface area contributed by atoms with Gasteiger partial charge in [-0.3, -0.25) is 9.69 Å². The van der Waals surface area contributed by atoms with Gasteiger partial charge in [-0.1, -0.05) is 6.08 Å². The van der Waals surface area contributed by atoms with Gasteiger partial charge in [0, 0.05) is 13.1 Å². The molecule has 1 fully saturated rings. The Kier molecular flexibility index (Phi) is 4.66. The van der Waals surface area contributed by atoms with Gasteiger partial charge >= 0.3 is 5.97 Å². The predicted molar refractivity (Wildman–Crippen MR) is 56.0 cm³/mol. The van der Waals surface area contributed by atoms with Crippen molar-refractivity contribution in [3.05, 3.63) is 12.7 Å².